The summed E-state index contributed by atoms with van der Waals surface area (Å²) in [4.78, 5) is 14.6. The number of anilines is 2. The van der Waals surface area contributed by atoms with E-state index in [1.165, 1.54) is 17.8 Å². The van der Waals surface area contributed by atoms with Gasteiger partial charge in [-0.05, 0) is 39.5 Å². The third-order valence-electron chi connectivity index (χ3n) is 2.87. The Kier molecular flexibility index (Phi) is 4.34. The molecular weight excluding hydrogens is 322 g/mol. The smallest absolute Gasteiger partial charge is 0.312 e. The van der Waals surface area contributed by atoms with Crippen molar-refractivity contribution in [1.29, 1.82) is 0 Å². The maximum atomic E-state index is 11.0. The molecule has 0 aliphatic heterocycles. The Morgan fingerprint density at radius 3 is 2.50 bits per heavy atom. The number of pyridine rings is 1. The van der Waals surface area contributed by atoms with Crippen LogP contribution >= 0.6 is 15.9 Å². The summed E-state index contributed by atoms with van der Waals surface area (Å²) in [6.07, 6.45) is 1.53. The van der Waals surface area contributed by atoms with E-state index in [0.717, 1.165) is 5.69 Å². The molecule has 2 rings (SSSR count). The fraction of sp³-hybridized carbons (Fsp3) is 0.214. The molecule has 0 atom stereocenters. The van der Waals surface area contributed by atoms with Crippen molar-refractivity contribution in [3.63, 3.8) is 0 Å². The van der Waals surface area contributed by atoms with E-state index in [9.17, 15) is 10.1 Å². The monoisotopic (exact) mass is 335 g/mol. The Morgan fingerprint density at radius 2 is 1.95 bits per heavy atom. The zero-order valence-electron chi connectivity index (χ0n) is 11.1. The molecule has 5 nitrogen and oxygen atoms in total. The van der Waals surface area contributed by atoms with Gasteiger partial charge in [-0.3, -0.25) is 10.1 Å². The summed E-state index contributed by atoms with van der Waals surface area (Å²) >= 11 is 3.18. The second kappa shape index (κ2) is 6.00. The van der Waals surface area contributed by atoms with Crippen molar-refractivity contribution in [1.82, 2.24) is 4.98 Å². The highest BCUT2D eigenvalue weighted by atomic mass is 79.9. The van der Waals surface area contributed by atoms with Crippen molar-refractivity contribution in [2.45, 2.75) is 19.8 Å². The second-order valence-corrected chi connectivity index (χ2v) is 5.60. The molecule has 0 spiro atoms. The number of nitrogens with one attached hydrogen (secondary N) is 1. The van der Waals surface area contributed by atoms with Gasteiger partial charge in [-0.25, -0.2) is 4.98 Å². The van der Waals surface area contributed by atoms with E-state index in [1.54, 1.807) is 0 Å². The minimum atomic E-state index is -0.456. The molecule has 0 unspecified atom stereocenters. The topological polar surface area (TPSA) is 68.1 Å². The van der Waals surface area contributed by atoms with E-state index in [1.807, 2.05) is 24.3 Å². The zero-order valence-corrected chi connectivity index (χ0v) is 12.7. The number of halogens is 1. The normalized spacial score (nSPS) is 10.6. The number of hydrogen-bond donors (Lipinski definition) is 1. The number of rotatable bonds is 4. The Bertz CT molecular complexity index is 627. The predicted octanol–water partition coefficient (Wildman–Crippen LogP) is 4.62. The van der Waals surface area contributed by atoms with E-state index in [4.69, 9.17) is 0 Å². The maximum absolute atomic E-state index is 11.0. The number of hydrogen-bond acceptors (Lipinski definition) is 4. The van der Waals surface area contributed by atoms with Gasteiger partial charge in [0.2, 0.25) is 5.82 Å². The first kappa shape index (κ1) is 14.5. The number of aromatic nitrogens is 1. The lowest BCUT2D eigenvalue weighted by atomic mass is 10.0. The van der Waals surface area contributed by atoms with E-state index in [0.29, 0.717) is 10.4 Å². The summed E-state index contributed by atoms with van der Waals surface area (Å²) < 4.78 is 0.574. The van der Waals surface area contributed by atoms with Crippen molar-refractivity contribution in [2.75, 3.05) is 5.32 Å². The van der Waals surface area contributed by atoms with Gasteiger partial charge in [0, 0.05) is 22.4 Å². The molecule has 1 N–H and O–H groups in total. The largest absolute Gasteiger partial charge is 0.334 e. The molecule has 1 aromatic heterocycles. The number of benzene rings is 1. The van der Waals surface area contributed by atoms with Crippen LogP contribution in [0.4, 0.5) is 17.2 Å². The van der Waals surface area contributed by atoms with Crippen LogP contribution in [0.3, 0.4) is 0 Å². The third-order valence-corrected chi connectivity index (χ3v) is 3.30. The number of nitro groups is 1. The molecule has 0 aliphatic carbocycles. The van der Waals surface area contributed by atoms with Gasteiger partial charge in [-0.1, -0.05) is 26.0 Å². The summed E-state index contributed by atoms with van der Waals surface area (Å²) in [6.45, 7) is 4.23. The van der Waals surface area contributed by atoms with Gasteiger partial charge in [0.05, 0.1) is 4.92 Å². The minimum absolute atomic E-state index is 0.0627. The fourth-order valence-corrected chi connectivity index (χ4v) is 2.07. The molecule has 2 aromatic rings. The standard InChI is InChI=1S/C14H14BrN3O2/c1-9(2)10-3-5-12(6-4-10)17-14-13(18(19)20)7-11(15)8-16-14/h3-9H,1-2H3,(H,16,17). The predicted molar refractivity (Wildman–Crippen MR) is 82.4 cm³/mol. The van der Waals surface area contributed by atoms with Gasteiger partial charge in [-0.15, -0.1) is 0 Å². The molecule has 6 heteroatoms. The van der Waals surface area contributed by atoms with Crippen molar-refractivity contribution in [2.24, 2.45) is 0 Å². The van der Waals surface area contributed by atoms with Crippen LogP contribution in [-0.2, 0) is 0 Å². The van der Waals surface area contributed by atoms with Crippen LogP contribution in [0.5, 0.6) is 0 Å². The molecule has 0 aliphatic rings. The molecule has 0 saturated carbocycles. The first-order valence-corrected chi connectivity index (χ1v) is 6.93. The van der Waals surface area contributed by atoms with Gasteiger partial charge in [0.25, 0.3) is 0 Å². The summed E-state index contributed by atoms with van der Waals surface area (Å²) in [5.41, 5.74) is 1.92. The van der Waals surface area contributed by atoms with Crippen LogP contribution in [-0.4, -0.2) is 9.91 Å². The summed E-state index contributed by atoms with van der Waals surface area (Å²) in [6, 6.07) is 9.21. The van der Waals surface area contributed by atoms with Crippen molar-refractivity contribution in [3.8, 4) is 0 Å². The summed E-state index contributed by atoms with van der Waals surface area (Å²) in [7, 11) is 0. The highest BCUT2D eigenvalue weighted by molar-refractivity contribution is 9.10. The third kappa shape index (κ3) is 3.33. The van der Waals surface area contributed by atoms with Gasteiger partial charge in [-0.2, -0.15) is 0 Å². The molecule has 1 aromatic carbocycles. The molecule has 0 amide bonds. The molecular formula is C14H14BrN3O2. The molecule has 0 radical (unpaired) electrons. The Labute approximate surface area is 125 Å². The van der Waals surface area contributed by atoms with Crippen molar-refractivity contribution >= 4 is 33.1 Å². The molecule has 0 saturated heterocycles. The average Bonchev–Trinajstić information content (AvgIpc) is 2.41. The highest BCUT2D eigenvalue weighted by Crippen LogP contribution is 2.28. The lowest BCUT2D eigenvalue weighted by Gasteiger charge is -2.09. The average molecular weight is 336 g/mol. The quantitative estimate of drug-likeness (QED) is 0.653. The molecule has 1 heterocycles. The molecule has 20 heavy (non-hydrogen) atoms. The Balaban J connectivity index is 2.28. The molecule has 104 valence electrons. The van der Waals surface area contributed by atoms with E-state index in [2.05, 4.69) is 40.1 Å². The van der Waals surface area contributed by atoms with Crippen LogP contribution < -0.4 is 5.32 Å². The molecule has 0 fully saturated rings. The first-order valence-electron chi connectivity index (χ1n) is 6.14. The van der Waals surface area contributed by atoms with E-state index < -0.39 is 4.92 Å². The molecule has 0 bridgehead atoms. The van der Waals surface area contributed by atoms with Gasteiger partial charge >= 0.3 is 5.69 Å². The van der Waals surface area contributed by atoms with Gasteiger partial charge in [0.15, 0.2) is 0 Å². The van der Waals surface area contributed by atoms with Gasteiger partial charge < -0.3 is 5.32 Å². The first-order chi connectivity index (χ1) is 9.47. The zero-order chi connectivity index (χ0) is 14.7. The Morgan fingerprint density at radius 1 is 1.30 bits per heavy atom. The van der Waals surface area contributed by atoms with Crippen LogP contribution in [0.15, 0.2) is 41.0 Å². The second-order valence-electron chi connectivity index (χ2n) is 4.68. The van der Waals surface area contributed by atoms with E-state index >= 15 is 0 Å². The van der Waals surface area contributed by atoms with Crippen molar-refractivity contribution < 1.29 is 4.92 Å². The van der Waals surface area contributed by atoms with Crippen LogP contribution in [0.25, 0.3) is 0 Å². The summed E-state index contributed by atoms with van der Waals surface area (Å²) in [5, 5.41) is 14.0. The van der Waals surface area contributed by atoms with Crippen molar-refractivity contribution in [3.05, 3.63) is 56.7 Å². The fourth-order valence-electron chi connectivity index (χ4n) is 1.75. The highest BCUT2D eigenvalue weighted by Gasteiger charge is 2.16. The maximum Gasteiger partial charge on any atom is 0.312 e. The lowest BCUT2D eigenvalue weighted by Crippen LogP contribution is -2.00. The van der Waals surface area contributed by atoms with E-state index in [-0.39, 0.29) is 11.5 Å². The lowest BCUT2D eigenvalue weighted by molar-refractivity contribution is -0.384. The van der Waals surface area contributed by atoms with Crippen LogP contribution in [0.1, 0.15) is 25.3 Å². The van der Waals surface area contributed by atoms with Crippen LogP contribution in [0, 0.1) is 10.1 Å². The van der Waals surface area contributed by atoms with Gasteiger partial charge in [0.1, 0.15) is 0 Å². The number of nitrogens with zero attached hydrogens (tertiary/aromatic N) is 2. The Hall–Kier alpha value is -1.95. The SMILES string of the molecule is CC(C)c1ccc(Nc2ncc(Br)cc2[N+](=O)[O-])cc1. The summed E-state index contributed by atoms with van der Waals surface area (Å²) in [5.74, 6) is 0.680. The van der Waals surface area contributed by atoms with Crippen LogP contribution in [0.2, 0.25) is 0 Å². The minimum Gasteiger partial charge on any atom is -0.334 e.